The third-order valence-electron chi connectivity index (χ3n) is 4.58. The summed E-state index contributed by atoms with van der Waals surface area (Å²) in [5.41, 5.74) is 4.04. The molecule has 0 bridgehead atoms. The van der Waals surface area contributed by atoms with E-state index in [2.05, 4.69) is 30.9 Å². The minimum atomic E-state index is -0.143. The second-order valence-corrected chi connectivity index (χ2v) is 6.63. The molecule has 0 saturated carbocycles. The van der Waals surface area contributed by atoms with Crippen LogP contribution in [-0.4, -0.2) is 41.6 Å². The lowest BCUT2D eigenvalue weighted by atomic mass is 10.1. The van der Waals surface area contributed by atoms with Gasteiger partial charge in [0.15, 0.2) is 5.75 Å². The fourth-order valence-corrected chi connectivity index (χ4v) is 3.53. The highest BCUT2D eigenvalue weighted by Gasteiger charge is 2.28. The molecule has 3 aromatic rings. The van der Waals surface area contributed by atoms with E-state index < -0.39 is 0 Å². The van der Waals surface area contributed by atoms with Crippen molar-refractivity contribution in [1.82, 2.24) is 20.3 Å². The summed E-state index contributed by atoms with van der Waals surface area (Å²) in [6.45, 7) is 0.581. The van der Waals surface area contributed by atoms with Crippen LogP contribution in [0.2, 0.25) is 5.02 Å². The Labute approximate surface area is 166 Å². The number of hydrogen-bond donors (Lipinski definition) is 4. The second-order valence-electron chi connectivity index (χ2n) is 6.22. The first-order valence-corrected chi connectivity index (χ1v) is 9.13. The van der Waals surface area contributed by atoms with Gasteiger partial charge in [-0.1, -0.05) is 17.7 Å². The number of hydrogen-bond acceptors (Lipinski definition) is 6. The molecule has 3 heterocycles. The topological polar surface area (TPSA) is 104 Å². The molecule has 1 aliphatic rings. The molecule has 4 N–H and O–H groups in total. The Morgan fingerprint density at radius 1 is 1.29 bits per heavy atom. The maximum Gasteiger partial charge on any atom is 0.255 e. The summed E-state index contributed by atoms with van der Waals surface area (Å²) in [5.74, 6) is 1.03. The van der Waals surface area contributed by atoms with Crippen LogP contribution >= 0.6 is 11.6 Å². The van der Waals surface area contributed by atoms with Crippen LogP contribution in [0.5, 0.6) is 5.75 Å². The molecule has 4 rings (SSSR count). The van der Waals surface area contributed by atoms with Crippen LogP contribution in [0, 0.1) is 0 Å². The van der Waals surface area contributed by atoms with Crippen molar-refractivity contribution >= 4 is 34.7 Å². The predicted octanol–water partition coefficient (Wildman–Crippen LogP) is 3.20. The lowest BCUT2D eigenvalue weighted by molar-refractivity contribution is 0.0947. The Kier molecular flexibility index (Phi) is 4.79. The molecule has 28 heavy (non-hydrogen) atoms. The molecule has 0 unspecified atom stereocenters. The van der Waals surface area contributed by atoms with Crippen molar-refractivity contribution in [1.29, 1.82) is 0 Å². The molecule has 1 aliphatic heterocycles. The van der Waals surface area contributed by atoms with Crippen molar-refractivity contribution in [3.63, 3.8) is 0 Å². The van der Waals surface area contributed by atoms with Crippen LogP contribution < -0.4 is 20.7 Å². The normalized spacial score (nSPS) is 12.9. The second kappa shape index (κ2) is 7.40. The van der Waals surface area contributed by atoms with Crippen LogP contribution in [-0.2, 0) is 6.42 Å². The molecule has 1 amide bonds. The number of methoxy groups -OCH3 is 1. The summed E-state index contributed by atoms with van der Waals surface area (Å²) in [4.78, 5) is 24.5. The minimum absolute atomic E-state index is 0.143. The summed E-state index contributed by atoms with van der Waals surface area (Å²) in [5, 5.41) is 9.69. The van der Waals surface area contributed by atoms with E-state index in [0.29, 0.717) is 57.9 Å². The van der Waals surface area contributed by atoms with Crippen molar-refractivity contribution in [3.8, 4) is 17.1 Å². The minimum Gasteiger partial charge on any atom is -0.493 e. The zero-order valence-electron chi connectivity index (χ0n) is 15.4. The standard InChI is InChI=1S/C19H19ClN6O2/c1-21-14-8-13(23-9-24-14)16-17(15-11(25-16)6-7-22-19(15)27)26-12-5-3-4-10(20)18(12)28-2/h3-5,8-9,25-26H,6-7H2,1-2H3,(H,22,27)(H,21,23,24). The summed E-state index contributed by atoms with van der Waals surface area (Å²) in [6.07, 6.45) is 2.18. The van der Waals surface area contributed by atoms with Gasteiger partial charge in [0, 0.05) is 31.8 Å². The molecular formula is C19H19ClN6O2. The number of nitrogens with zero attached hydrogens (tertiary/aromatic N) is 2. The van der Waals surface area contributed by atoms with Gasteiger partial charge in [-0.05, 0) is 12.1 Å². The van der Waals surface area contributed by atoms with Crippen LogP contribution in [0.15, 0.2) is 30.6 Å². The van der Waals surface area contributed by atoms with Crippen molar-refractivity contribution in [2.45, 2.75) is 6.42 Å². The molecule has 8 nitrogen and oxygen atoms in total. The van der Waals surface area contributed by atoms with Crippen LogP contribution in [0.1, 0.15) is 16.1 Å². The van der Waals surface area contributed by atoms with Crippen molar-refractivity contribution < 1.29 is 9.53 Å². The molecule has 2 aromatic heterocycles. The first kappa shape index (κ1) is 18.1. The Balaban J connectivity index is 1.89. The predicted molar refractivity (Wildman–Crippen MR) is 109 cm³/mol. The summed E-state index contributed by atoms with van der Waals surface area (Å²) < 4.78 is 5.44. The molecule has 0 aliphatic carbocycles. The molecule has 9 heteroatoms. The number of rotatable bonds is 5. The largest absolute Gasteiger partial charge is 0.493 e. The van der Waals surface area contributed by atoms with E-state index >= 15 is 0 Å². The van der Waals surface area contributed by atoms with Gasteiger partial charge in [-0.15, -0.1) is 0 Å². The van der Waals surface area contributed by atoms with Crippen LogP contribution in [0.25, 0.3) is 11.4 Å². The van der Waals surface area contributed by atoms with Crippen molar-refractivity contribution in [2.24, 2.45) is 0 Å². The first-order valence-electron chi connectivity index (χ1n) is 8.75. The maximum atomic E-state index is 12.6. The fraction of sp³-hybridized carbons (Fsp3) is 0.211. The maximum absolute atomic E-state index is 12.6. The summed E-state index contributed by atoms with van der Waals surface area (Å²) in [6, 6.07) is 7.22. The van der Waals surface area contributed by atoms with E-state index in [1.54, 1.807) is 20.2 Å². The number of carbonyl (C=O) groups is 1. The average Bonchev–Trinajstić information content (AvgIpc) is 3.08. The molecule has 0 radical (unpaired) electrons. The highest BCUT2D eigenvalue weighted by Crippen LogP contribution is 2.40. The van der Waals surface area contributed by atoms with Gasteiger partial charge >= 0.3 is 0 Å². The number of fused-ring (bicyclic) bond motifs is 1. The molecule has 1 aromatic carbocycles. The number of halogens is 1. The Morgan fingerprint density at radius 2 is 2.14 bits per heavy atom. The average molecular weight is 399 g/mol. The van der Waals surface area contributed by atoms with Gasteiger partial charge < -0.3 is 25.7 Å². The van der Waals surface area contributed by atoms with Gasteiger partial charge in [0.1, 0.15) is 12.1 Å². The number of aromatic nitrogens is 3. The number of H-pyrrole nitrogens is 1. The van der Waals surface area contributed by atoms with E-state index in [0.717, 1.165) is 5.69 Å². The number of nitrogens with one attached hydrogen (secondary N) is 4. The Bertz CT molecular complexity index is 1050. The Morgan fingerprint density at radius 3 is 2.93 bits per heavy atom. The fourth-order valence-electron chi connectivity index (χ4n) is 3.28. The number of anilines is 3. The smallest absolute Gasteiger partial charge is 0.255 e. The number of ether oxygens (including phenoxy) is 1. The number of amides is 1. The number of aromatic amines is 1. The monoisotopic (exact) mass is 398 g/mol. The summed E-state index contributed by atoms with van der Waals surface area (Å²) in [7, 11) is 3.34. The van der Waals surface area contributed by atoms with Crippen LogP contribution in [0.3, 0.4) is 0 Å². The third kappa shape index (κ3) is 3.11. The first-order chi connectivity index (χ1) is 13.6. The number of benzene rings is 1. The van der Waals surface area contributed by atoms with Crippen molar-refractivity contribution in [3.05, 3.63) is 46.9 Å². The lowest BCUT2D eigenvalue weighted by Gasteiger charge is -2.16. The van der Waals surface area contributed by atoms with Crippen LogP contribution in [0.4, 0.5) is 17.2 Å². The molecule has 0 saturated heterocycles. The SMILES string of the molecule is CNc1cc(-c2[nH]c3c(c2Nc2cccc(Cl)c2OC)C(=O)NCC3)ncn1. The molecule has 0 atom stereocenters. The van der Waals surface area contributed by atoms with Gasteiger partial charge in [0.25, 0.3) is 5.91 Å². The van der Waals surface area contributed by atoms with Crippen molar-refractivity contribution in [2.75, 3.05) is 31.3 Å². The van der Waals surface area contributed by atoms with Gasteiger partial charge in [0.05, 0.1) is 40.5 Å². The number of carbonyl (C=O) groups excluding carboxylic acids is 1. The molecule has 0 spiro atoms. The van der Waals surface area contributed by atoms with E-state index in [9.17, 15) is 4.79 Å². The third-order valence-corrected chi connectivity index (χ3v) is 4.87. The summed E-state index contributed by atoms with van der Waals surface area (Å²) >= 11 is 6.26. The zero-order valence-corrected chi connectivity index (χ0v) is 16.1. The van der Waals surface area contributed by atoms with E-state index in [1.807, 2.05) is 18.2 Å². The highest BCUT2D eigenvalue weighted by atomic mass is 35.5. The molecule has 144 valence electrons. The van der Waals surface area contributed by atoms with Gasteiger partial charge in [0.2, 0.25) is 0 Å². The van der Waals surface area contributed by atoms with E-state index in [-0.39, 0.29) is 5.91 Å². The molecule has 0 fully saturated rings. The highest BCUT2D eigenvalue weighted by molar-refractivity contribution is 6.32. The van der Waals surface area contributed by atoms with Gasteiger partial charge in [-0.3, -0.25) is 4.79 Å². The van der Waals surface area contributed by atoms with E-state index in [1.165, 1.54) is 6.33 Å². The Hall–Kier alpha value is -3.26. The van der Waals surface area contributed by atoms with Gasteiger partial charge in [-0.2, -0.15) is 0 Å². The quantitative estimate of drug-likeness (QED) is 0.526. The van der Waals surface area contributed by atoms with E-state index in [4.69, 9.17) is 16.3 Å². The molecular weight excluding hydrogens is 380 g/mol. The number of para-hydroxylation sites is 1. The van der Waals surface area contributed by atoms with Gasteiger partial charge in [-0.25, -0.2) is 9.97 Å². The lowest BCUT2D eigenvalue weighted by Crippen LogP contribution is -2.31. The zero-order chi connectivity index (χ0) is 19.7.